The molecule has 1 aliphatic heterocycles. The fraction of sp³-hybridized carbons (Fsp3) is 0.259. The lowest BCUT2D eigenvalue weighted by Crippen LogP contribution is -2.11. The Hall–Kier alpha value is -4.04. The summed E-state index contributed by atoms with van der Waals surface area (Å²) in [5, 5.41) is 13.1. The van der Waals surface area contributed by atoms with Gasteiger partial charge >= 0.3 is 0 Å². The minimum Gasteiger partial charge on any atom is -0.491 e. The van der Waals surface area contributed by atoms with Crippen LogP contribution in [-0.2, 0) is 14.3 Å². The first kappa shape index (κ1) is 24.1. The summed E-state index contributed by atoms with van der Waals surface area (Å²) in [6, 6.07) is 9.26. The zero-order valence-corrected chi connectivity index (χ0v) is 20.2. The average molecular weight is 476 g/mol. The maximum absolute atomic E-state index is 13.5. The highest BCUT2D eigenvalue weighted by molar-refractivity contribution is 6.15. The van der Waals surface area contributed by atoms with Gasteiger partial charge in [-0.2, -0.15) is 0 Å². The van der Waals surface area contributed by atoms with Crippen LogP contribution < -0.4 is 10.1 Å². The van der Waals surface area contributed by atoms with Crippen LogP contribution in [0.4, 0.5) is 5.69 Å². The summed E-state index contributed by atoms with van der Waals surface area (Å²) >= 11 is 0. The van der Waals surface area contributed by atoms with Crippen LogP contribution in [0.1, 0.15) is 31.9 Å². The molecule has 0 unspecified atom stereocenters. The summed E-state index contributed by atoms with van der Waals surface area (Å²) < 4.78 is 17.5. The van der Waals surface area contributed by atoms with E-state index in [1.165, 1.54) is 0 Å². The van der Waals surface area contributed by atoms with Crippen molar-refractivity contribution in [3.8, 4) is 5.75 Å². The first-order valence-electron chi connectivity index (χ1n) is 11.5. The standard InChI is InChI=1S/C27H29N3O5/c1-5-22(34-16(2)3)24-25(32)23(14-18-15-29-26-20(18)7-6-10-28-26)35-27(24)30-21-9-8-19(13-17(21)4)33-12-11-31/h5-10,13-16,30-31H,11-12H2,1-4H3,(H,28,29)/b22-5?,23-14-. The molecule has 0 saturated carbocycles. The molecule has 4 rings (SSSR count). The fourth-order valence-corrected chi connectivity index (χ4v) is 3.76. The largest absolute Gasteiger partial charge is 0.491 e. The molecule has 3 N–H and O–H groups in total. The number of aliphatic hydroxyl groups is 1. The quantitative estimate of drug-likeness (QED) is 0.300. The minimum absolute atomic E-state index is 0.0607. The number of ether oxygens (including phenoxy) is 3. The Morgan fingerprint density at radius 3 is 2.86 bits per heavy atom. The number of carbonyl (C=O) groups is 1. The van der Waals surface area contributed by atoms with Crippen molar-refractivity contribution < 1.29 is 24.1 Å². The minimum atomic E-state index is -0.278. The summed E-state index contributed by atoms with van der Waals surface area (Å²) in [5.41, 5.74) is 3.48. The number of aromatic nitrogens is 2. The van der Waals surface area contributed by atoms with E-state index in [4.69, 9.17) is 19.3 Å². The first-order chi connectivity index (χ1) is 16.9. The molecule has 0 bridgehead atoms. The molecule has 3 heterocycles. The van der Waals surface area contributed by atoms with E-state index in [-0.39, 0.29) is 30.9 Å². The highest BCUT2D eigenvalue weighted by Crippen LogP contribution is 2.35. The molecule has 8 nitrogen and oxygen atoms in total. The number of aryl methyl sites for hydroxylation is 1. The van der Waals surface area contributed by atoms with Crippen molar-refractivity contribution >= 4 is 28.6 Å². The Balaban J connectivity index is 1.70. The summed E-state index contributed by atoms with van der Waals surface area (Å²) in [6.45, 7) is 7.71. The predicted octanol–water partition coefficient (Wildman–Crippen LogP) is 4.84. The number of hydrogen-bond donors (Lipinski definition) is 3. The number of aromatic amines is 1. The predicted molar refractivity (Wildman–Crippen MR) is 135 cm³/mol. The Kier molecular flexibility index (Phi) is 7.22. The number of nitrogens with one attached hydrogen (secondary N) is 2. The molecular weight excluding hydrogens is 446 g/mol. The van der Waals surface area contributed by atoms with E-state index in [0.717, 1.165) is 27.8 Å². The molecule has 182 valence electrons. The van der Waals surface area contributed by atoms with Crippen molar-refractivity contribution in [3.05, 3.63) is 82.9 Å². The SMILES string of the molecule is CC=C(OC(C)C)C1=C(Nc2ccc(OCCO)cc2C)O/C(=C\c2c[nH]c3ncccc23)C1=O. The van der Waals surface area contributed by atoms with Crippen molar-refractivity contribution in [2.24, 2.45) is 0 Å². The second kappa shape index (κ2) is 10.5. The van der Waals surface area contributed by atoms with Crippen molar-refractivity contribution in [1.29, 1.82) is 0 Å². The fourth-order valence-electron chi connectivity index (χ4n) is 3.76. The monoisotopic (exact) mass is 475 g/mol. The van der Waals surface area contributed by atoms with Gasteiger partial charge in [-0.3, -0.25) is 4.79 Å². The summed E-state index contributed by atoms with van der Waals surface area (Å²) in [6.07, 6.45) is 6.84. The molecule has 1 aromatic carbocycles. The Bertz CT molecular complexity index is 1330. The molecular formula is C27H29N3O5. The molecule has 3 aromatic rings. The molecule has 0 amide bonds. The summed E-state index contributed by atoms with van der Waals surface area (Å²) in [7, 11) is 0. The maximum atomic E-state index is 13.5. The summed E-state index contributed by atoms with van der Waals surface area (Å²) in [4.78, 5) is 20.9. The van der Waals surface area contributed by atoms with Gasteiger partial charge in [0.15, 0.2) is 5.76 Å². The van der Waals surface area contributed by atoms with E-state index in [1.54, 1.807) is 30.6 Å². The number of fused-ring (bicyclic) bond motifs is 1. The molecule has 0 radical (unpaired) electrons. The number of pyridine rings is 1. The van der Waals surface area contributed by atoms with E-state index in [2.05, 4.69) is 15.3 Å². The molecule has 0 spiro atoms. The van der Waals surface area contributed by atoms with E-state index in [9.17, 15) is 4.79 Å². The van der Waals surface area contributed by atoms with Gasteiger partial charge in [-0.25, -0.2) is 4.98 Å². The van der Waals surface area contributed by atoms with Gasteiger partial charge in [-0.1, -0.05) is 0 Å². The third-order valence-electron chi connectivity index (χ3n) is 5.34. The second-order valence-electron chi connectivity index (χ2n) is 8.28. The zero-order valence-electron chi connectivity index (χ0n) is 20.2. The lowest BCUT2D eigenvalue weighted by atomic mass is 10.1. The molecule has 0 saturated heterocycles. The zero-order chi connectivity index (χ0) is 24.9. The van der Waals surface area contributed by atoms with Crippen molar-refractivity contribution in [3.63, 3.8) is 0 Å². The number of anilines is 1. The molecule has 8 heteroatoms. The number of nitrogens with zero attached hydrogens (tertiary/aromatic N) is 1. The van der Waals surface area contributed by atoms with Crippen LogP contribution in [0.2, 0.25) is 0 Å². The topological polar surface area (TPSA) is 106 Å². The number of Topliss-reactive ketones (excluding diaryl/α,β-unsaturated/α-hetero) is 1. The van der Waals surface area contributed by atoms with E-state index < -0.39 is 0 Å². The third-order valence-corrected chi connectivity index (χ3v) is 5.34. The Morgan fingerprint density at radius 2 is 2.14 bits per heavy atom. The highest BCUT2D eigenvalue weighted by Gasteiger charge is 2.35. The number of benzene rings is 1. The van der Waals surface area contributed by atoms with Gasteiger partial charge in [0.05, 0.1) is 12.7 Å². The van der Waals surface area contributed by atoms with Gasteiger partial charge in [0.25, 0.3) is 0 Å². The second-order valence-corrected chi connectivity index (χ2v) is 8.28. The molecule has 35 heavy (non-hydrogen) atoms. The lowest BCUT2D eigenvalue weighted by molar-refractivity contribution is -0.113. The van der Waals surface area contributed by atoms with Gasteiger partial charge in [0.1, 0.15) is 29.3 Å². The van der Waals surface area contributed by atoms with E-state index >= 15 is 0 Å². The molecule has 0 fully saturated rings. The number of aliphatic hydroxyl groups excluding tert-OH is 1. The van der Waals surface area contributed by atoms with Crippen LogP contribution in [-0.4, -0.2) is 40.2 Å². The van der Waals surface area contributed by atoms with Crippen LogP contribution >= 0.6 is 0 Å². The molecule has 0 atom stereocenters. The van der Waals surface area contributed by atoms with Crippen molar-refractivity contribution in [2.75, 3.05) is 18.5 Å². The van der Waals surface area contributed by atoms with E-state index in [1.807, 2.05) is 52.0 Å². The number of hydrogen-bond acceptors (Lipinski definition) is 7. The Labute approximate surface area is 203 Å². The number of carbonyl (C=O) groups excluding carboxylic acids is 1. The van der Waals surface area contributed by atoms with Crippen molar-refractivity contribution in [2.45, 2.75) is 33.8 Å². The van der Waals surface area contributed by atoms with Gasteiger partial charge in [0.2, 0.25) is 11.7 Å². The maximum Gasteiger partial charge on any atom is 0.237 e. The van der Waals surface area contributed by atoms with E-state index in [0.29, 0.717) is 23.0 Å². The number of ketones is 1. The van der Waals surface area contributed by atoms with Gasteiger partial charge in [-0.15, -0.1) is 0 Å². The van der Waals surface area contributed by atoms with Gasteiger partial charge in [-0.05, 0) is 75.7 Å². The molecule has 0 aliphatic carbocycles. The average Bonchev–Trinajstić information content (AvgIpc) is 3.38. The lowest BCUT2D eigenvalue weighted by Gasteiger charge is -2.16. The highest BCUT2D eigenvalue weighted by atomic mass is 16.5. The number of allylic oxidation sites excluding steroid dienone is 3. The normalized spacial score (nSPS) is 15.3. The summed E-state index contributed by atoms with van der Waals surface area (Å²) in [5.74, 6) is 1.28. The third kappa shape index (κ3) is 5.22. The molecule has 2 aromatic heterocycles. The number of rotatable bonds is 9. The van der Waals surface area contributed by atoms with Crippen LogP contribution in [0, 0.1) is 6.92 Å². The number of H-pyrrole nitrogens is 1. The van der Waals surface area contributed by atoms with Crippen LogP contribution in [0.5, 0.6) is 5.75 Å². The van der Waals surface area contributed by atoms with Gasteiger partial charge < -0.3 is 29.6 Å². The van der Waals surface area contributed by atoms with Crippen LogP contribution in [0.25, 0.3) is 17.1 Å². The smallest absolute Gasteiger partial charge is 0.237 e. The Morgan fingerprint density at radius 1 is 1.31 bits per heavy atom. The first-order valence-corrected chi connectivity index (χ1v) is 11.5. The van der Waals surface area contributed by atoms with Crippen LogP contribution in [0.3, 0.4) is 0 Å². The molecule has 1 aliphatic rings. The van der Waals surface area contributed by atoms with Crippen molar-refractivity contribution in [1.82, 2.24) is 9.97 Å². The van der Waals surface area contributed by atoms with Gasteiger partial charge in [0, 0.05) is 29.0 Å². The van der Waals surface area contributed by atoms with Crippen LogP contribution in [0.15, 0.2) is 71.8 Å².